The summed E-state index contributed by atoms with van der Waals surface area (Å²) in [5, 5.41) is 6.22. The molecule has 1 aromatic rings. The first kappa shape index (κ1) is 18.0. The van der Waals surface area contributed by atoms with Crippen LogP contribution in [0, 0.1) is 0 Å². The van der Waals surface area contributed by atoms with E-state index in [-0.39, 0.29) is 5.91 Å². The van der Waals surface area contributed by atoms with E-state index in [1.807, 2.05) is 18.3 Å². The molecule has 1 unspecified atom stereocenters. The Kier molecular flexibility index (Phi) is 6.53. The number of carbonyl (C=O) groups excluding carboxylic acids is 1. The zero-order valence-electron chi connectivity index (χ0n) is 15.1. The topological polar surface area (TPSA) is 69.6 Å². The summed E-state index contributed by atoms with van der Waals surface area (Å²) in [6.45, 7) is 6.05. The Morgan fingerprint density at radius 3 is 3.12 bits per heavy atom. The lowest BCUT2D eigenvalue weighted by atomic mass is 10.2. The van der Waals surface area contributed by atoms with Gasteiger partial charge in [-0.2, -0.15) is 0 Å². The molecule has 0 radical (unpaired) electrons. The minimum absolute atomic E-state index is 0.0504. The Hall–Kier alpha value is -1.79. The number of hydrogen-bond acceptors (Lipinski definition) is 5. The van der Waals surface area contributed by atoms with E-state index in [9.17, 15) is 4.79 Å². The van der Waals surface area contributed by atoms with Crippen molar-refractivity contribution in [2.24, 2.45) is 4.99 Å². The summed E-state index contributed by atoms with van der Waals surface area (Å²) in [6, 6.07) is 5.01. The van der Waals surface area contributed by atoms with Crippen LogP contribution in [0.15, 0.2) is 23.3 Å². The summed E-state index contributed by atoms with van der Waals surface area (Å²) in [7, 11) is 0. The van der Waals surface area contributed by atoms with Gasteiger partial charge in [0.1, 0.15) is 0 Å². The van der Waals surface area contributed by atoms with Crippen molar-refractivity contribution in [2.75, 3.05) is 26.2 Å². The van der Waals surface area contributed by atoms with Crippen LogP contribution in [0.1, 0.15) is 43.9 Å². The minimum Gasteiger partial charge on any atom is -0.353 e. The van der Waals surface area contributed by atoms with Gasteiger partial charge in [-0.05, 0) is 56.5 Å². The molecule has 1 aromatic heterocycles. The number of rotatable bonds is 9. The number of hydrogen-bond donors (Lipinski definition) is 2. The molecule has 0 bridgehead atoms. The number of nitrogens with zero attached hydrogens (tertiary/aromatic N) is 3. The number of aromatic nitrogens is 1. The molecule has 2 heterocycles. The van der Waals surface area contributed by atoms with E-state index >= 15 is 0 Å². The molecule has 1 amide bonds. The number of pyridine rings is 1. The number of aliphatic imine (C=N–C) groups is 1. The third-order valence-corrected chi connectivity index (χ3v) is 4.85. The van der Waals surface area contributed by atoms with Gasteiger partial charge in [0.2, 0.25) is 5.91 Å². The second-order valence-corrected chi connectivity index (χ2v) is 6.92. The fourth-order valence-electron chi connectivity index (χ4n) is 3.23. The average molecular weight is 343 g/mol. The predicted molar refractivity (Wildman–Crippen MR) is 99.8 cm³/mol. The lowest BCUT2D eigenvalue weighted by molar-refractivity contribution is -0.120. The Labute approximate surface area is 150 Å². The van der Waals surface area contributed by atoms with Gasteiger partial charge in [-0.15, -0.1) is 0 Å². The van der Waals surface area contributed by atoms with E-state index in [0.29, 0.717) is 25.2 Å². The van der Waals surface area contributed by atoms with E-state index in [0.717, 1.165) is 30.9 Å². The van der Waals surface area contributed by atoms with Crippen molar-refractivity contribution in [2.45, 2.75) is 51.2 Å². The second kappa shape index (κ2) is 9.06. The molecule has 2 fully saturated rings. The fraction of sp³-hybridized carbons (Fsp3) is 0.632. The van der Waals surface area contributed by atoms with E-state index in [2.05, 4.69) is 32.4 Å². The molecule has 136 valence electrons. The Bertz CT molecular complexity index is 599. The molecule has 1 saturated heterocycles. The van der Waals surface area contributed by atoms with Gasteiger partial charge in [0.15, 0.2) is 0 Å². The first-order valence-electron chi connectivity index (χ1n) is 9.44. The number of nitrogens with one attached hydrogen (secondary N) is 2. The highest BCUT2D eigenvalue weighted by atomic mass is 16.1. The molecule has 3 rings (SSSR count). The van der Waals surface area contributed by atoms with Crippen LogP contribution in [0.3, 0.4) is 0 Å². The maximum absolute atomic E-state index is 12.0. The number of amides is 1. The molecule has 25 heavy (non-hydrogen) atoms. The molecule has 2 aliphatic rings. The van der Waals surface area contributed by atoms with E-state index < -0.39 is 0 Å². The van der Waals surface area contributed by atoms with Gasteiger partial charge in [-0.1, -0.05) is 6.92 Å². The third kappa shape index (κ3) is 5.90. The van der Waals surface area contributed by atoms with Gasteiger partial charge in [-0.3, -0.25) is 19.7 Å². The zero-order chi connectivity index (χ0) is 17.5. The van der Waals surface area contributed by atoms with Gasteiger partial charge >= 0.3 is 0 Å². The predicted octanol–water partition coefficient (Wildman–Crippen LogP) is 1.35. The van der Waals surface area contributed by atoms with Crippen molar-refractivity contribution >= 4 is 12.1 Å². The van der Waals surface area contributed by atoms with Crippen molar-refractivity contribution in [3.05, 3.63) is 29.6 Å². The molecule has 1 aliphatic carbocycles. The van der Waals surface area contributed by atoms with E-state index in [1.54, 1.807) is 6.20 Å². The quantitative estimate of drug-likeness (QED) is 0.664. The van der Waals surface area contributed by atoms with Gasteiger partial charge in [0.05, 0.1) is 18.3 Å². The maximum atomic E-state index is 12.0. The summed E-state index contributed by atoms with van der Waals surface area (Å²) in [5.74, 6) is 0.0504. The van der Waals surface area contributed by atoms with Crippen molar-refractivity contribution < 1.29 is 4.79 Å². The van der Waals surface area contributed by atoms with Crippen LogP contribution in [0.5, 0.6) is 0 Å². The summed E-state index contributed by atoms with van der Waals surface area (Å²) >= 11 is 0. The first-order chi connectivity index (χ1) is 12.2. The van der Waals surface area contributed by atoms with Gasteiger partial charge in [0, 0.05) is 31.5 Å². The van der Waals surface area contributed by atoms with Crippen LogP contribution in [0.2, 0.25) is 0 Å². The van der Waals surface area contributed by atoms with Gasteiger partial charge < -0.3 is 10.6 Å². The fourth-order valence-corrected chi connectivity index (χ4v) is 3.23. The second-order valence-electron chi connectivity index (χ2n) is 6.92. The van der Waals surface area contributed by atoms with Crippen LogP contribution in [0.4, 0.5) is 0 Å². The zero-order valence-corrected chi connectivity index (χ0v) is 15.1. The van der Waals surface area contributed by atoms with Crippen LogP contribution in [0.25, 0.3) is 0 Å². The Morgan fingerprint density at radius 2 is 2.32 bits per heavy atom. The van der Waals surface area contributed by atoms with E-state index in [1.165, 1.54) is 25.7 Å². The SMILES string of the molecule is CCN1CCCC1CNC(=O)CNCc1cc(C=NC2CC2)ccn1. The third-order valence-electron chi connectivity index (χ3n) is 4.85. The van der Waals surface area contributed by atoms with Gasteiger partial charge in [0.25, 0.3) is 0 Å². The van der Waals surface area contributed by atoms with Gasteiger partial charge in [-0.25, -0.2) is 0 Å². The highest BCUT2D eigenvalue weighted by molar-refractivity contribution is 5.80. The van der Waals surface area contributed by atoms with Crippen molar-refractivity contribution in [1.29, 1.82) is 0 Å². The number of likely N-dealkylation sites (tertiary alicyclic amines) is 1. The highest BCUT2D eigenvalue weighted by Gasteiger charge is 2.23. The summed E-state index contributed by atoms with van der Waals surface area (Å²) in [4.78, 5) is 23.3. The van der Waals surface area contributed by atoms with Crippen molar-refractivity contribution in [1.82, 2.24) is 20.5 Å². The maximum Gasteiger partial charge on any atom is 0.234 e. The largest absolute Gasteiger partial charge is 0.353 e. The molecular formula is C19H29N5O. The standard InChI is InChI=1S/C19H29N5O/c1-2-24-9-3-4-18(24)13-23-19(25)14-20-12-17-10-15(7-8-21-17)11-22-16-5-6-16/h7-8,10-11,16,18,20H,2-6,9,12-14H2,1H3,(H,23,25). The molecule has 0 spiro atoms. The molecule has 0 aromatic carbocycles. The van der Waals surface area contributed by atoms with E-state index in [4.69, 9.17) is 0 Å². The molecule has 1 aliphatic heterocycles. The Morgan fingerprint density at radius 1 is 1.44 bits per heavy atom. The average Bonchev–Trinajstić information content (AvgIpc) is 3.35. The lowest BCUT2D eigenvalue weighted by Crippen LogP contribution is -2.42. The van der Waals surface area contributed by atoms with Crippen molar-refractivity contribution in [3.8, 4) is 0 Å². The molecule has 1 atom stereocenters. The molecule has 1 saturated carbocycles. The monoisotopic (exact) mass is 343 g/mol. The van der Waals surface area contributed by atoms with Crippen LogP contribution < -0.4 is 10.6 Å². The molecule has 2 N–H and O–H groups in total. The summed E-state index contributed by atoms with van der Waals surface area (Å²) in [5.41, 5.74) is 2.00. The molecule has 6 nitrogen and oxygen atoms in total. The van der Waals surface area contributed by atoms with Crippen molar-refractivity contribution in [3.63, 3.8) is 0 Å². The summed E-state index contributed by atoms with van der Waals surface area (Å²) in [6.07, 6.45) is 8.56. The van der Waals surface area contributed by atoms with Crippen LogP contribution in [-0.4, -0.2) is 60.3 Å². The number of carbonyl (C=O) groups is 1. The molecular weight excluding hydrogens is 314 g/mol. The van der Waals surface area contributed by atoms with Crippen LogP contribution >= 0.6 is 0 Å². The van der Waals surface area contributed by atoms with Crippen LogP contribution in [-0.2, 0) is 11.3 Å². The Balaban J connectivity index is 1.35. The lowest BCUT2D eigenvalue weighted by Gasteiger charge is -2.22. The highest BCUT2D eigenvalue weighted by Crippen LogP contribution is 2.23. The minimum atomic E-state index is 0.0504. The summed E-state index contributed by atoms with van der Waals surface area (Å²) < 4.78 is 0. The number of likely N-dealkylation sites (N-methyl/N-ethyl adjacent to an activating group) is 1. The normalized spacial score (nSPS) is 21.1. The molecule has 6 heteroatoms. The smallest absolute Gasteiger partial charge is 0.234 e. The first-order valence-corrected chi connectivity index (χ1v) is 9.44.